The van der Waals surface area contributed by atoms with Crippen LogP contribution < -0.4 is 4.74 Å². The second kappa shape index (κ2) is 5.08. The molecule has 0 fully saturated rings. The molecule has 0 spiro atoms. The molecule has 1 aromatic carbocycles. The van der Waals surface area contributed by atoms with Gasteiger partial charge in [0.15, 0.2) is 5.78 Å². The van der Waals surface area contributed by atoms with Gasteiger partial charge in [0, 0.05) is 5.56 Å². The van der Waals surface area contributed by atoms with Gasteiger partial charge in [0.2, 0.25) is 0 Å². The fourth-order valence-electron chi connectivity index (χ4n) is 1.49. The van der Waals surface area contributed by atoms with Crippen molar-refractivity contribution in [2.24, 2.45) is 0 Å². The number of carbonyl (C=O) groups is 1. The monoisotopic (exact) mass is 257 g/mol. The minimum absolute atomic E-state index is 0.0750. The maximum Gasteiger partial charge on any atom is 0.417 e. The van der Waals surface area contributed by atoms with Crippen LogP contribution in [0.25, 0.3) is 0 Å². The normalized spacial score (nSPS) is 10.9. The van der Waals surface area contributed by atoms with Gasteiger partial charge in [-0.25, -0.2) is 0 Å². The Morgan fingerprint density at radius 3 is 2.44 bits per heavy atom. The van der Waals surface area contributed by atoms with E-state index < -0.39 is 23.1 Å². The molecule has 0 aliphatic rings. The summed E-state index contributed by atoms with van der Waals surface area (Å²) in [6.45, 7) is 2.88. The Morgan fingerprint density at radius 2 is 2.06 bits per heavy atom. The van der Waals surface area contributed by atoms with Crippen LogP contribution in [0.4, 0.5) is 13.2 Å². The number of rotatable bonds is 3. The fraction of sp³-hybridized carbons (Fsp3) is 0.333. The minimum atomic E-state index is -4.71. The summed E-state index contributed by atoms with van der Waals surface area (Å²) in [6.07, 6.45) is -4.71. The minimum Gasteiger partial charge on any atom is -0.494 e. The molecule has 1 rings (SSSR count). The van der Waals surface area contributed by atoms with Crippen molar-refractivity contribution in [2.75, 3.05) is 6.61 Å². The molecule has 0 saturated carbocycles. The van der Waals surface area contributed by atoms with E-state index in [0.717, 1.165) is 19.1 Å². The van der Waals surface area contributed by atoms with Crippen LogP contribution in [-0.4, -0.2) is 12.4 Å². The van der Waals surface area contributed by atoms with E-state index in [1.807, 2.05) is 0 Å². The highest BCUT2D eigenvalue weighted by atomic mass is 19.4. The molecule has 0 radical (unpaired) electrons. The maximum absolute atomic E-state index is 12.8. The van der Waals surface area contributed by atoms with E-state index >= 15 is 0 Å². The van der Waals surface area contributed by atoms with Gasteiger partial charge >= 0.3 is 6.18 Å². The zero-order valence-electron chi connectivity index (χ0n) is 9.76. The van der Waals surface area contributed by atoms with Gasteiger partial charge in [0.1, 0.15) is 11.8 Å². The van der Waals surface area contributed by atoms with E-state index in [-0.39, 0.29) is 17.9 Å². The van der Waals surface area contributed by atoms with Crippen molar-refractivity contribution in [3.8, 4) is 11.8 Å². The summed E-state index contributed by atoms with van der Waals surface area (Å²) in [5, 5.41) is 8.79. The number of carbonyl (C=O) groups excluding carboxylic acids is 1. The van der Waals surface area contributed by atoms with Gasteiger partial charge in [-0.05, 0) is 26.0 Å². The van der Waals surface area contributed by atoms with Crippen LogP contribution in [0.15, 0.2) is 12.1 Å². The van der Waals surface area contributed by atoms with Crippen LogP contribution in [0.2, 0.25) is 0 Å². The van der Waals surface area contributed by atoms with Crippen molar-refractivity contribution in [1.29, 1.82) is 5.26 Å². The van der Waals surface area contributed by atoms with Crippen LogP contribution in [0, 0.1) is 11.3 Å². The summed E-state index contributed by atoms with van der Waals surface area (Å²) in [6, 6.07) is 3.31. The molecule has 18 heavy (non-hydrogen) atoms. The molecule has 0 saturated heterocycles. The predicted octanol–water partition coefficient (Wildman–Crippen LogP) is 3.18. The number of Topliss-reactive ketones (excluding diaryl/α,β-unsaturated/α-hetero) is 1. The average molecular weight is 257 g/mol. The van der Waals surface area contributed by atoms with Gasteiger partial charge < -0.3 is 4.74 Å². The summed E-state index contributed by atoms with van der Waals surface area (Å²) in [5.41, 5.74) is -2.10. The summed E-state index contributed by atoms with van der Waals surface area (Å²) < 4.78 is 43.3. The van der Waals surface area contributed by atoms with Crippen molar-refractivity contribution in [3.63, 3.8) is 0 Å². The number of benzene rings is 1. The van der Waals surface area contributed by atoms with Gasteiger partial charge in [-0.2, -0.15) is 18.4 Å². The van der Waals surface area contributed by atoms with Crippen molar-refractivity contribution < 1.29 is 22.7 Å². The standard InChI is InChI=1S/C12H10F3NO2/c1-3-18-8-4-9(7(2)17)10(6-16)11(5-8)12(13,14)15/h4-5H,3H2,1-2H3. The van der Waals surface area contributed by atoms with E-state index in [1.54, 1.807) is 6.92 Å². The highest BCUT2D eigenvalue weighted by molar-refractivity contribution is 5.97. The van der Waals surface area contributed by atoms with Crippen LogP contribution in [0.3, 0.4) is 0 Å². The van der Waals surface area contributed by atoms with E-state index in [2.05, 4.69) is 0 Å². The van der Waals surface area contributed by atoms with E-state index in [4.69, 9.17) is 10.00 Å². The highest BCUT2D eigenvalue weighted by Gasteiger charge is 2.36. The van der Waals surface area contributed by atoms with Crippen LogP contribution in [0.1, 0.15) is 35.3 Å². The number of halogens is 3. The molecule has 6 heteroatoms. The molecule has 0 heterocycles. The Hall–Kier alpha value is -2.03. The van der Waals surface area contributed by atoms with Crippen LogP contribution in [-0.2, 0) is 6.18 Å². The molecule has 0 aliphatic carbocycles. The third-order valence-electron chi connectivity index (χ3n) is 2.22. The quantitative estimate of drug-likeness (QED) is 0.781. The fourth-order valence-corrected chi connectivity index (χ4v) is 1.49. The zero-order valence-corrected chi connectivity index (χ0v) is 9.76. The van der Waals surface area contributed by atoms with Crippen LogP contribution in [0.5, 0.6) is 5.75 Å². The maximum atomic E-state index is 12.8. The predicted molar refractivity (Wildman–Crippen MR) is 57.3 cm³/mol. The number of nitriles is 1. The molecular formula is C12H10F3NO2. The van der Waals surface area contributed by atoms with Crippen LogP contribution >= 0.6 is 0 Å². The lowest BCUT2D eigenvalue weighted by Gasteiger charge is -2.13. The lowest BCUT2D eigenvalue weighted by molar-refractivity contribution is -0.137. The summed E-state index contributed by atoms with van der Waals surface area (Å²) >= 11 is 0. The molecule has 0 atom stereocenters. The second-order valence-corrected chi connectivity index (χ2v) is 3.49. The molecule has 96 valence electrons. The number of nitrogens with zero attached hydrogens (tertiary/aromatic N) is 1. The Morgan fingerprint density at radius 1 is 1.44 bits per heavy atom. The zero-order chi connectivity index (χ0) is 13.9. The van der Waals surface area contributed by atoms with Gasteiger partial charge in [0.25, 0.3) is 0 Å². The van der Waals surface area contributed by atoms with Gasteiger partial charge in [0.05, 0.1) is 17.7 Å². The summed E-state index contributed by atoms with van der Waals surface area (Å²) in [5.74, 6) is -0.687. The lowest BCUT2D eigenvalue weighted by Crippen LogP contribution is -2.12. The molecule has 0 aromatic heterocycles. The highest BCUT2D eigenvalue weighted by Crippen LogP contribution is 2.36. The Kier molecular flexibility index (Phi) is 3.96. The number of alkyl halides is 3. The number of ether oxygens (including phenoxy) is 1. The van der Waals surface area contributed by atoms with E-state index in [0.29, 0.717) is 0 Å². The molecule has 0 N–H and O–H groups in total. The first-order valence-electron chi connectivity index (χ1n) is 5.10. The molecule has 0 aliphatic heterocycles. The topological polar surface area (TPSA) is 50.1 Å². The molecule has 0 amide bonds. The second-order valence-electron chi connectivity index (χ2n) is 3.49. The first kappa shape index (κ1) is 14.0. The summed E-state index contributed by atoms with van der Waals surface area (Å²) in [7, 11) is 0. The van der Waals surface area contributed by atoms with Crippen molar-refractivity contribution in [1.82, 2.24) is 0 Å². The molecule has 3 nitrogen and oxygen atoms in total. The summed E-state index contributed by atoms with van der Waals surface area (Å²) in [4.78, 5) is 11.3. The van der Waals surface area contributed by atoms with Crippen molar-refractivity contribution >= 4 is 5.78 Å². The Bertz CT molecular complexity index is 515. The smallest absolute Gasteiger partial charge is 0.417 e. The van der Waals surface area contributed by atoms with Gasteiger partial charge in [-0.1, -0.05) is 0 Å². The molecule has 0 bridgehead atoms. The first-order valence-corrected chi connectivity index (χ1v) is 5.10. The largest absolute Gasteiger partial charge is 0.494 e. The SMILES string of the molecule is CCOc1cc(C(C)=O)c(C#N)c(C(F)(F)F)c1. The van der Waals surface area contributed by atoms with Gasteiger partial charge in [-0.15, -0.1) is 0 Å². The first-order chi connectivity index (χ1) is 8.31. The Labute approximate surface area is 102 Å². The van der Waals surface area contributed by atoms with Crippen molar-refractivity contribution in [2.45, 2.75) is 20.0 Å². The number of hydrogen-bond acceptors (Lipinski definition) is 3. The van der Waals surface area contributed by atoms with E-state index in [1.165, 1.54) is 6.07 Å². The molecular weight excluding hydrogens is 247 g/mol. The lowest BCUT2D eigenvalue weighted by atomic mass is 9.98. The number of ketones is 1. The molecule has 1 aromatic rings. The third-order valence-corrected chi connectivity index (χ3v) is 2.22. The molecule has 0 unspecified atom stereocenters. The average Bonchev–Trinajstić information content (AvgIpc) is 2.27. The van der Waals surface area contributed by atoms with Gasteiger partial charge in [-0.3, -0.25) is 4.79 Å². The van der Waals surface area contributed by atoms with Crippen molar-refractivity contribution in [3.05, 3.63) is 28.8 Å². The third kappa shape index (κ3) is 2.80. The Balaban J connectivity index is 3.58. The van der Waals surface area contributed by atoms with E-state index in [9.17, 15) is 18.0 Å². The number of hydrogen-bond donors (Lipinski definition) is 0.